The largest absolute Gasteiger partial charge is 0.493 e. The lowest BCUT2D eigenvalue weighted by atomic mass is 9.91. The van der Waals surface area contributed by atoms with Crippen LogP contribution in [0.5, 0.6) is 17.2 Å². The number of amides is 1. The van der Waals surface area contributed by atoms with E-state index >= 15 is 0 Å². The third kappa shape index (κ3) is 2.43. The number of thiazole rings is 1. The highest BCUT2D eigenvalue weighted by Gasteiger charge is 2.32. The van der Waals surface area contributed by atoms with Crippen LogP contribution in [0, 0.1) is 0 Å². The molecule has 2 aliphatic rings. The second kappa shape index (κ2) is 5.86. The first-order valence-electron chi connectivity index (χ1n) is 7.71. The zero-order valence-electron chi connectivity index (χ0n) is 13.3. The van der Waals surface area contributed by atoms with Gasteiger partial charge in [-0.2, -0.15) is 0 Å². The van der Waals surface area contributed by atoms with Crippen LogP contribution in [0.25, 0.3) is 0 Å². The minimum absolute atomic E-state index is 0.0440. The van der Waals surface area contributed by atoms with E-state index in [2.05, 4.69) is 15.6 Å². The summed E-state index contributed by atoms with van der Waals surface area (Å²) in [6.45, 7) is 2.97. The van der Waals surface area contributed by atoms with Gasteiger partial charge in [0.2, 0.25) is 18.4 Å². The molecule has 0 fully saturated rings. The normalized spacial score (nSPS) is 18.1. The van der Waals surface area contributed by atoms with Gasteiger partial charge in [-0.1, -0.05) is 11.3 Å². The second-order valence-electron chi connectivity index (χ2n) is 5.52. The number of carbonyl (C=O) groups excluding carboxylic acids is 1. The molecule has 3 heterocycles. The van der Waals surface area contributed by atoms with E-state index in [0.29, 0.717) is 29.5 Å². The van der Waals surface area contributed by atoms with E-state index < -0.39 is 0 Å². The number of nitrogens with one attached hydrogen (secondary N) is 2. The Morgan fingerprint density at radius 2 is 2.33 bits per heavy atom. The van der Waals surface area contributed by atoms with Crippen molar-refractivity contribution >= 4 is 28.2 Å². The number of rotatable bonds is 4. The van der Waals surface area contributed by atoms with Gasteiger partial charge in [0.05, 0.1) is 12.0 Å². The average molecular weight is 347 g/mol. The summed E-state index contributed by atoms with van der Waals surface area (Å²) in [7, 11) is 1.59. The van der Waals surface area contributed by atoms with Gasteiger partial charge in [-0.25, -0.2) is 4.98 Å². The van der Waals surface area contributed by atoms with Crippen LogP contribution >= 0.6 is 11.3 Å². The van der Waals surface area contributed by atoms with Crippen LogP contribution < -0.4 is 24.8 Å². The van der Waals surface area contributed by atoms with Gasteiger partial charge in [-0.05, 0) is 24.6 Å². The molecule has 2 aliphatic heterocycles. The lowest BCUT2D eigenvalue weighted by Gasteiger charge is -2.22. The van der Waals surface area contributed by atoms with Crippen LogP contribution in [-0.4, -0.2) is 31.3 Å². The third-order valence-corrected chi connectivity index (χ3v) is 5.16. The van der Waals surface area contributed by atoms with Crippen molar-refractivity contribution in [1.82, 2.24) is 4.98 Å². The Kier molecular flexibility index (Phi) is 3.68. The van der Waals surface area contributed by atoms with Gasteiger partial charge in [0.1, 0.15) is 5.82 Å². The molecule has 1 atom stereocenters. The van der Waals surface area contributed by atoms with Crippen molar-refractivity contribution in [3.05, 3.63) is 22.6 Å². The van der Waals surface area contributed by atoms with Crippen molar-refractivity contribution in [2.45, 2.75) is 19.3 Å². The summed E-state index contributed by atoms with van der Waals surface area (Å²) < 4.78 is 16.4. The van der Waals surface area contributed by atoms with E-state index in [4.69, 9.17) is 14.2 Å². The fraction of sp³-hybridized carbons (Fsp3) is 0.375. The summed E-state index contributed by atoms with van der Waals surface area (Å²) in [6.07, 6.45) is 0.365. The van der Waals surface area contributed by atoms with Crippen molar-refractivity contribution in [2.24, 2.45) is 0 Å². The summed E-state index contributed by atoms with van der Waals surface area (Å²) in [6, 6.07) is 3.83. The molecule has 126 valence electrons. The topological polar surface area (TPSA) is 81.7 Å². The molecule has 0 radical (unpaired) electrons. The van der Waals surface area contributed by atoms with E-state index in [0.717, 1.165) is 22.1 Å². The number of aromatic nitrogens is 1. The SMILES string of the molecule is CCNc1nc2c(s1)[C@@H](c1cc(OC)c3c(c1)OCO3)CC(=O)N2. The van der Waals surface area contributed by atoms with Crippen LogP contribution in [0.2, 0.25) is 0 Å². The number of carbonyl (C=O) groups is 1. The Labute approximate surface area is 142 Å². The highest BCUT2D eigenvalue weighted by atomic mass is 32.1. The second-order valence-corrected chi connectivity index (χ2v) is 6.55. The molecule has 0 unspecified atom stereocenters. The molecule has 8 heteroatoms. The predicted molar refractivity (Wildman–Crippen MR) is 90.5 cm³/mol. The minimum atomic E-state index is -0.0814. The highest BCUT2D eigenvalue weighted by Crippen LogP contribution is 2.48. The quantitative estimate of drug-likeness (QED) is 0.885. The fourth-order valence-electron chi connectivity index (χ4n) is 2.97. The zero-order valence-corrected chi connectivity index (χ0v) is 14.2. The monoisotopic (exact) mass is 347 g/mol. The Morgan fingerprint density at radius 1 is 1.46 bits per heavy atom. The number of hydrogen-bond donors (Lipinski definition) is 2. The van der Waals surface area contributed by atoms with Crippen LogP contribution in [-0.2, 0) is 4.79 Å². The Bertz CT molecular complexity index is 805. The van der Waals surface area contributed by atoms with Crippen LogP contribution in [0.3, 0.4) is 0 Å². The molecule has 7 nitrogen and oxygen atoms in total. The molecule has 0 aliphatic carbocycles. The van der Waals surface area contributed by atoms with E-state index in [1.54, 1.807) is 18.4 Å². The molecule has 0 bridgehead atoms. The number of benzene rings is 1. The lowest BCUT2D eigenvalue weighted by Crippen LogP contribution is -2.22. The van der Waals surface area contributed by atoms with Gasteiger partial charge in [0.15, 0.2) is 16.6 Å². The van der Waals surface area contributed by atoms with Crippen LogP contribution in [0.4, 0.5) is 10.9 Å². The molecule has 1 aromatic heterocycles. The maximum atomic E-state index is 12.1. The average Bonchev–Trinajstić information content (AvgIpc) is 3.19. The van der Waals surface area contributed by atoms with Crippen molar-refractivity contribution in [2.75, 3.05) is 31.1 Å². The molecule has 0 saturated carbocycles. The minimum Gasteiger partial charge on any atom is -0.493 e. The first-order chi connectivity index (χ1) is 11.7. The van der Waals surface area contributed by atoms with Crippen molar-refractivity contribution < 1.29 is 19.0 Å². The summed E-state index contributed by atoms with van der Waals surface area (Å²) >= 11 is 1.56. The standard InChI is InChI=1S/C16H17N3O4S/c1-3-17-16-19-15-14(24-16)9(6-12(20)18-15)8-4-10(21-2)13-11(5-8)22-7-23-13/h4-5,9H,3,6-7H2,1-2H3,(H,17,19)(H,18,20)/t9-/m1/s1. The maximum absolute atomic E-state index is 12.1. The van der Waals surface area contributed by atoms with E-state index in [9.17, 15) is 4.79 Å². The molecule has 2 aromatic rings. The van der Waals surface area contributed by atoms with Crippen LogP contribution in [0.15, 0.2) is 12.1 Å². The van der Waals surface area contributed by atoms with Crippen molar-refractivity contribution in [1.29, 1.82) is 0 Å². The number of fused-ring (bicyclic) bond motifs is 2. The number of hydrogen-bond acceptors (Lipinski definition) is 7. The molecule has 0 saturated heterocycles. The molecule has 2 N–H and O–H groups in total. The van der Waals surface area contributed by atoms with Gasteiger partial charge in [-0.3, -0.25) is 4.79 Å². The van der Waals surface area contributed by atoms with E-state index in [-0.39, 0.29) is 18.6 Å². The first-order valence-corrected chi connectivity index (χ1v) is 8.53. The molecule has 24 heavy (non-hydrogen) atoms. The molecule has 1 amide bonds. The van der Waals surface area contributed by atoms with Gasteiger partial charge < -0.3 is 24.8 Å². The van der Waals surface area contributed by atoms with E-state index in [1.165, 1.54) is 0 Å². The molecular weight excluding hydrogens is 330 g/mol. The van der Waals surface area contributed by atoms with Gasteiger partial charge in [0.25, 0.3) is 0 Å². The highest BCUT2D eigenvalue weighted by molar-refractivity contribution is 7.16. The molecular formula is C16H17N3O4S. The lowest BCUT2D eigenvalue weighted by molar-refractivity contribution is -0.116. The number of methoxy groups -OCH3 is 1. The zero-order chi connectivity index (χ0) is 16.7. The van der Waals surface area contributed by atoms with Crippen LogP contribution in [0.1, 0.15) is 29.7 Å². The van der Waals surface area contributed by atoms with Gasteiger partial charge >= 0.3 is 0 Å². The maximum Gasteiger partial charge on any atom is 0.231 e. The first kappa shape index (κ1) is 15.1. The Balaban J connectivity index is 1.78. The summed E-state index contributed by atoms with van der Waals surface area (Å²) in [5.74, 6) is 2.38. The predicted octanol–water partition coefficient (Wildman–Crippen LogP) is 2.79. The van der Waals surface area contributed by atoms with Crippen molar-refractivity contribution in [3.63, 3.8) is 0 Å². The summed E-state index contributed by atoms with van der Waals surface area (Å²) in [5, 5.41) is 6.86. The smallest absolute Gasteiger partial charge is 0.231 e. The molecule has 1 aromatic carbocycles. The third-order valence-electron chi connectivity index (χ3n) is 4.03. The van der Waals surface area contributed by atoms with Gasteiger partial charge in [0, 0.05) is 18.9 Å². The van der Waals surface area contributed by atoms with Gasteiger partial charge in [-0.15, -0.1) is 0 Å². The Morgan fingerprint density at radius 3 is 3.12 bits per heavy atom. The number of ether oxygens (including phenoxy) is 3. The summed E-state index contributed by atoms with van der Waals surface area (Å²) in [5.41, 5.74) is 0.957. The summed E-state index contributed by atoms with van der Waals surface area (Å²) in [4.78, 5) is 17.6. The number of nitrogens with zero attached hydrogens (tertiary/aromatic N) is 1. The van der Waals surface area contributed by atoms with E-state index in [1.807, 2.05) is 19.1 Å². The Hall–Kier alpha value is -2.48. The van der Waals surface area contributed by atoms with Crippen molar-refractivity contribution in [3.8, 4) is 17.2 Å². The molecule has 4 rings (SSSR count). The molecule has 0 spiro atoms. The fourth-order valence-corrected chi connectivity index (χ4v) is 4.08. The number of anilines is 2.